The van der Waals surface area contributed by atoms with Gasteiger partial charge < -0.3 is 5.32 Å². The third-order valence-corrected chi connectivity index (χ3v) is 5.93. The highest BCUT2D eigenvalue weighted by Crippen LogP contribution is 2.30. The molecule has 1 N–H and O–H groups in total. The molecule has 2 aromatic carbocycles. The number of aromatic nitrogens is 3. The molecule has 0 unspecified atom stereocenters. The van der Waals surface area contributed by atoms with E-state index < -0.39 is 0 Å². The molecule has 1 amide bonds. The van der Waals surface area contributed by atoms with Crippen molar-refractivity contribution in [2.24, 2.45) is 5.92 Å². The van der Waals surface area contributed by atoms with Gasteiger partial charge in [-0.1, -0.05) is 59.8 Å². The molecule has 0 aliphatic heterocycles. The zero-order valence-corrected chi connectivity index (χ0v) is 17.1. The van der Waals surface area contributed by atoms with Crippen LogP contribution in [0.5, 0.6) is 0 Å². The van der Waals surface area contributed by atoms with Gasteiger partial charge in [0.2, 0.25) is 5.91 Å². The molecule has 0 radical (unpaired) electrons. The fourth-order valence-electron chi connectivity index (χ4n) is 2.95. The molecule has 0 bridgehead atoms. The predicted octanol–water partition coefficient (Wildman–Crippen LogP) is 4.55. The van der Waals surface area contributed by atoms with Crippen LogP contribution in [-0.4, -0.2) is 20.7 Å². The summed E-state index contributed by atoms with van der Waals surface area (Å²) in [5.41, 5.74) is 3.22. The van der Waals surface area contributed by atoms with Crippen molar-refractivity contribution >= 4 is 29.3 Å². The normalized spacial score (nSPS) is 13.5. The van der Waals surface area contributed by atoms with E-state index >= 15 is 0 Å². The van der Waals surface area contributed by atoms with Gasteiger partial charge in [0.1, 0.15) is 0 Å². The summed E-state index contributed by atoms with van der Waals surface area (Å²) in [7, 11) is 0. The average molecular weight is 413 g/mol. The number of thioether (sulfide) groups is 1. The highest BCUT2D eigenvalue weighted by atomic mass is 35.5. The standard InChI is InChI=1S/C21H21ClN4OS/c1-14-7-10-17(22)11-18(14)26-19(12-23-20(27)16-8-9-16)24-25-21(26)28-13-15-5-3-2-4-6-15/h2-7,10-11,16H,8-9,12-13H2,1H3,(H,23,27). The van der Waals surface area contributed by atoms with Crippen LogP contribution in [0, 0.1) is 12.8 Å². The first kappa shape index (κ1) is 19.0. The van der Waals surface area contributed by atoms with Gasteiger partial charge in [-0.05, 0) is 43.0 Å². The van der Waals surface area contributed by atoms with Crippen molar-refractivity contribution in [1.29, 1.82) is 0 Å². The Hall–Kier alpha value is -2.31. The summed E-state index contributed by atoms with van der Waals surface area (Å²) in [4.78, 5) is 12.1. The number of aryl methyl sites for hydroxylation is 1. The number of nitrogens with zero attached hydrogens (tertiary/aromatic N) is 3. The van der Waals surface area contributed by atoms with Gasteiger partial charge in [-0.3, -0.25) is 9.36 Å². The Morgan fingerprint density at radius 3 is 2.75 bits per heavy atom. The lowest BCUT2D eigenvalue weighted by atomic mass is 10.2. The van der Waals surface area contributed by atoms with Crippen LogP contribution in [0.3, 0.4) is 0 Å². The van der Waals surface area contributed by atoms with Gasteiger partial charge in [0.25, 0.3) is 0 Å². The van der Waals surface area contributed by atoms with Crippen LogP contribution in [0.1, 0.15) is 29.8 Å². The summed E-state index contributed by atoms with van der Waals surface area (Å²) >= 11 is 7.87. The number of halogens is 1. The number of rotatable bonds is 7. The average Bonchev–Trinajstić information content (AvgIpc) is 3.48. The van der Waals surface area contributed by atoms with Crippen LogP contribution in [0.25, 0.3) is 5.69 Å². The Morgan fingerprint density at radius 2 is 2.00 bits per heavy atom. The lowest BCUT2D eigenvalue weighted by molar-refractivity contribution is -0.122. The molecule has 5 nitrogen and oxygen atoms in total. The predicted molar refractivity (Wildman–Crippen MR) is 112 cm³/mol. The Morgan fingerprint density at radius 1 is 1.21 bits per heavy atom. The van der Waals surface area contributed by atoms with E-state index in [4.69, 9.17) is 11.6 Å². The highest BCUT2D eigenvalue weighted by molar-refractivity contribution is 7.98. The van der Waals surface area contributed by atoms with Gasteiger partial charge in [0, 0.05) is 16.7 Å². The SMILES string of the molecule is Cc1ccc(Cl)cc1-n1c(CNC(=O)C2CC2)nnc1SCc1ccccc1. The maximum absolute atomic E-state index is 12.1. The molecule has 1 aliphatic carbocycles. The second kappa shape index (κ2) is 8.37. The molecule has 1 aliphatic rings. The van der Waals surface area contributed by atoms with Crippen molar-refractivity contribution in [2.45, 2.75) is 37.2 Å². The zero-order chi connectivity index (χ0) is 19.5. The topological polar surface area (TPSA) is 59.8 Å². The van der Waals surface area contributed by atoms with E-state index in [1.165, 1.54) is 5.56 Å². The maximum atomic E-state index is 12.1. The molecule has 1 heterocycles. The molecule has 1 aromatic heterocycles. The lowest BCUT2D eigenvalue weighted by Crippen LogP contribution is -2.26. The van der Waals surface area contributed by atoms with Crippen molar-refractivity contribution in [3.63, 3.8) is 0 Å². The molecule has 0 spiro atoms. The smallest absolute Gasteiger partial charge is 0.223 e. The minimum Gasteiger partial charge on any atom is -0.349 e. The molecule has 4 rings (SSSR count). The Kier molecular flexibility index (Phi) is 5.69. The first-order valence-electron chi connectivity index (χ1n) is 9.27. The molecular formula is C21H21ClN4OS. The van der Waals surface area contributed by atoms with Gasteiger partial charge >= 0.3 is 0 Å². The molecule has 0 saturated heterocycles. The maximum Gasteiger partial charge on any atom is 0.223 e. The Balaban J connectivity index is 1.63. The number of benzene rings is 2. The molecule has 144 valence electrons. The zero-order valence-electron chi connectivity index (χ0n) is 15.6. The lowest BCUT2D eigenvalue weighted by Gasteiger charge is -2.14. The van der Waals surface area contributed by atoms with E-state index in [0.29, 0.717) is 17.4 Å². The van der Waals surface area contributed by atoms with E-state index in [1.54, 1.807) is 11.8 Å². The number of amides is 1. The minimum absolute atomic E-state index is 0.0934. The number of hydrogen-bond donors (Lipinski definition) is 1. The van der Waals surface area contributed by atoms with Crippen LogP contribution in [0.15, 0.2) is 53.7 Å². The van der Waals surface area contributed by atoms with E-state index in [0.717, 1.165) is 35.0 Å². The van der Waals surface area contributed by atoms with Gasteiger partial charge in [-0.15, -0.1) is 10.2 Å². The molecule has 7 heteroatoms. The Bertz CT molecular complexity index is 985. The van der Waals surface area contributed by atoms with E-state index in [1.807, 2.05) is 47.9 Å². The van der Waals surface area contributed by atoms with Gasteiger partial charge in [0.05, 0.1) is 12.2 Å². The number of hydrogen-bond acceptors (Lipinski definition) is 4. The second-order valence-corrected chi connectivity index (χ2v) is 8.31. The molecule has 1 saturated carbocycles. The monoisotopic (exact) mass is 412 g/mol. The largest absolute Gasteiger partial charge is 0.349 e. The second-order valence-electron chi connectivity index (χ2n) is 6.93. The first-order valence-corrected chi connectivity index (χ1v) is 10.6. The molecule has 28 heavy (non-hydrogen) atoms. The molecular weight excluding hydrogens is 392 g/mol. The fourth-order valence-corrected chi connectivity index (χ4v) is 4.04. The van der Waals surface area contributed by atoms with E-state index in [-0.39, 0.29) is 11.8 Å². The van der Waals surface area contributed by atoms with Crippen molar-refractivity contribution in [3.05, 3.63) is 70.5 Å². The summed E-state index contributed by atoms with van der Waals surface area (Å²) in [5.74, 6) is 1.74. The molecule has 1 fully saturated rings. The number of carbonyl (C=O) groups is 1. The summed E-state index contributed by atoms with van der Waals surface area (Å²) in [6.45, 7) is 2.38. The van der Waals surface area contributed by atoms with E-state index in [2.05, 4.69) is 27.6 Å². The van der Waals surface area contributed by atoms with Gasteiger partial charge in [0.15, 0.2) is 11.0 Å². The number of carbonyl (C=O) groups excluding carboxylic acids is 1. The van der Waals surface area contributed by atoms with Crippen molar-refractivity contribution in [3.8, 4) is 5.69 Å². The molecule has 3 aromatic rings. The summed E-state index contributed by atoms with van der Waals surface area (Å²) in [5, 5.41) is 13.2. The third-order valence-electron chi connectivity index (χ3n) is 4.69. The quantitative estimate of drug-likeness (QED) is 0.578. The van der Waals surface area contributed by atoms with E-state index in [9.17, 15) is 4.79 Å². The van der Waals surface area contributed by atoms with Crippen molar-refractivity contribution in [1.82, 2.24) is 20.1 Å². The highest BCUT2D eigenvalue weighted by Gasteiger charge is 2.29. The van der Waals surface area contributed by atoms with Crippen molar-refractivity contribution in [2.75, 3.05) is 0 Å². The van der Waals surface area contributed by atoms with Crippen LogP contribution < -0.4 is 5.32 Å². The summed E-state index contributed by atoms with van der Waals surface area (Å²) in [6.07, 6.45) is 1.95. The van der Waals surface area contributed by atoms with Gasteiger partial charge in [-0.2, -0.15) is 0 Å². The summed E-state index contributed by atoms with van der Waals surface area (Å²) < 4.78 is 2.00. The fraction of sp³-hybridized carbons (Fsp3) is 0.286. The van der Waals surface area contributed by atoms with Gasteiger partial charge in [-0.25, -0.2) is 0 Å². The van der Waals surface area contributed by atoms with Crippen molar-refractivity contribution < 1.29 is 4.79 Å². The van der Waals surface area contributed by atoms with Crippen LogP contribution >= 0.6 is 23.4 Å². The Labute approximate surface area is 173 Å². The van der Waals surface area contributed by atoms with Crippen LogP contribution in [0.4, 0.5) is 0 Å². The molecule has 0 atom stereocenters. The summed E-state index contributed by atoms with van der Waals surface area (Å²) in [6, 6.07) is 16.0. The minimum atomic E-state index is 0.0934. The third kappa shape index (κ3) is 4.39. The van der Waals surface area contributed by atoms with Crippen LogP contribution in [-0.2, 0) is 17.1 Å². The number of nitrogens with one attached hydrogen (secondary N) is 1. The van der Waals surface area contributed by atoms with Crippen LogP contribution in [0.2, 0.25) is 5.02 Å². The first-order chi connectivity index (χ1) is 13.6.